The highest BCUT2D eigenvalue weighted by Gasteiger charge is 2.25. The van der Waals surface area contributed by atoms with Crippen LogP contribution in [-0.4, -0.2) is 51.8 Å². The van der Waals surface area contributed by atoms with Gasteiger partial charge in [-0.15, -0.1) is 0 Å². The average molecular weight is 256 g/mol. The van der Waals surface area contributed by atoms with E-state index in [1.54, 1.807) is 0 Å². The maximum Gasteiger partial charge on any atom is 0.0506 e. The summed E-state index contributed by atoms with van der Waals surface area (Å²) in [5.74, 6) is 0.740. The van der Waals surface area contributed by atoms with Gasteiger partial charge < -0.3 is 15.0 Å². The summed E-state index contributed by atoms with van der Waals surface area (Å²) in [5.41, 5.74) is 0.397. The van der Waals surface area contributed by atoms with Crippen molar-refractivity contribution in [1.82, 2.24) is 10.2 Å². The fraction of sp³-hybridized carbons (Fsp3) is 1.00. The summed E-state index contributed by atoms with van der Waals surface area (Å²) in [6.45, 7) is 10.1. The lowest BCUT2D eigenvalue weighted by molar-refractivity contribution is 0.0358. The van der Waals surface area contributed by atoms with Crippen LogP contribution >= 0.6 is 0 Å². The van der Waals surface area contributed by atoms with E-state index in [9.17, 15) is 0 Å². The van der Waals surface area contributed by atoms with Gasteiger partial charge in [-0.1, -0.05) is 20.3 Å². The first kappa shape index (κ1) is 15.9. The van der Waals surface area contributed by atoms with Crippen LogP contribution in [0.4, 0.5) is 0 Å². The molecule has 0 amide bonds. The van der Waals surface area contributed by atoms with E-state index in [2.05, 4.69) is 38.2 Å². The Balaban J connectivity index is 2.37. The lowest BCUT2D eigenvalue weighted by Gasteiger charge is -2.36. The summed E-state index contributed by atoms with van der Waals surface area (Å²) in [6, 6.07) is 0. The van der Waals surface area contributed by atoms with Crippen LogP contribution in [0, 0.1) is 11.3 Å². The Kier molecular flexibility index (Phi) is 7.20. The average Bonchev–Trinajstić information content (AvgIpc) is 2.30. The van der Waals surface area contributed by atoms with Crippen molar-refractivity contribution in [2.45, 2.75) is 39.5 Å². The summed E-state index contributed by atoms with van der Waals surface area (Å²) >= 11 is 0. The molecule has 1 aliphatic heterocycles. The zero-order valence-corrected chi connectivity index (χ0v) is 12.8. The van der Waals surface area contributed by atoms with E-state index >= 15 is 0 Å². The molecule has 2 atom stereocenters. The third-order valence-electron chi connectivity index (χ3n) is 3.93. The molecule has 0 saturated carbocycles. The van der Waals surface area contributed by atoms with Crippen LogP contribution in [-0.2, 0) is 4.74 Å². The molecule has 1 fully saturated rings. The van der Waals surface area contributed by atoms with Crippen molar-refractivity contribution in [3.05, 3.63) is 0 Å². The van der Waals surface area contributed by atoms with Gasteiger partial charge >= 0.3 is 0 Å². The van der Waals surface area contributed by atoms with Crippen molar-refractivity contribution >= 4 is 0 Å². The van der Waals surface area contributed by atoms with Crippen LogP contribution in [0.3, 0.4) is 0 Å². The van der Waals surface area contributed by atoms with Crippen LogP contribution in [0.2, 0.25) is 0 Å². The van der Waals surface area contributed by atoms with Crippen LogP contribution in [0.5, 0.6) is 0 Å². The third-order valence-corrected chi connectivity index (χ3v) is 3.93. The van der Waals surface area contributed by atoms with Gasteiger partial charge in [0.15, 0.2) is 0 Å². The molecule has 1 saturated heterocycles. The maximum absolute atomic E-state index is 5.57. The SMILES string of the molecule is CCCC(C)(CNC)CN(C)CC1CCCOC1. The maximum atomic E-state index is 5.57. The molecule has 0 aromatic heterocycles. The van der Waals surface area contributed by atoms with Gasteiger partial charge in [0.05, 0.1) is 6.61 Å². The van der Waals surface area contributed by atoms with E-state index in [0.717, 1.165) is 25.7 Å². The van der Waals surface area contributed by atoms with Crippen molar-refractivity contribution < 1.29 is 4.74 Å². The molecule has 1 N–H and O–H groups in total. The number of nitrogens with one attached hydrogen (secondary N) is 1. The van der Waals surface area contributed by atoms with E-state index < -0.39 is 0 Å². The molecule has 0 bridgehead atoms. The van der Waals surface area contributed by atoms with Gasteiger partial charge in [0, 0.05) is 26.2 Å². The molecule has 0 spiro atoms. The van der Waals surface area contributed by atoms with E-state index in [4.69, 9.17) is 4.74 Å². The summed E-state index contributed by atoms with van der Waals surface area (Å²) in [7, 11) is 4.32. The molecule has 0 radical (unpaired) electrons. The monoisotopic (exact) mass is 256 g/mol. The fourth-order valence-corrected chi connectivity index (χ4v) is 3.36. The van der Waals surface area contributed by atoms with Gasteiger partial charge in [0.1, 0.15) is 0 Å². The van der Waals surface area contributed by atoms with Crippen LogP contribution in [0.15, 0.2) is 0 Å². The number of hydrogen-bond donors (Lipinski definition) is 1. The van der Waals surface area contributed by atoms with Crippen molar-refractivity contribution in [1.29, 1.82) is 0 Å². The minimum absolute atomic E-state index is 0.397. The molecular formula is C15H32N2O. The lowest BCUT2D eigenvalue weighted by Crippen LogP contribution is -2.42. The topological polar surface area (TPSA) is 24.5 Å². The van der Waals surface area contributed by atoms with Gasteiger partial charge in [-0.3, -0.25) is 0 Å². The number of rotatable bonds is 8. The van der Waals surface area contributed by atoms with Crippen molar-refractivity contribution in [3.8, 4) is 0 Å². The van der Waals surface area contributed by atoms with Crippen LogP contribution in [0.25, 0.3) is 0 Å². The minimum Gasteiger partial charge on any atom is -0.381 e. The summed E-state index contributed by atoms with van der Waals surface area (Å²) in [5, 5.41) is 3.35. The molecule has 3 heteroatoms. The van der Waals surface area contributed by atoms with Crippen molar-refractivity contribution in [2.75, 3.05) is 46.9 Å². The summed E-state index contributed by atoms with van der Waals surface area (Å²) < 4.78 is 5.57. The molecule has 1 rings (SSSR count). The predicted molar refractivity (Wildman–Crippen MR) is 78.0 cm³/mol. The molecule has 0 aromatic carbocycles. The largest absolute Gasteiger partial charge is 0.381 e. The Labute approximate surface area is 113 Å². The summed E-state index contributed by atoms with van der Waals surface area (Å²) in [4.78, 5) is 2.51. The van der Waals surface area contributed by atoms with Crippen LogP contribution in [0.1, 0.15) is 39.5 Å². The third kappa shape index (κ3) is 5.68. The molecule has 3 nitrogen and oxygen atoms in total. The molecule has 0 aromatic rings. The van der Waals surface area contributed by atoms with E-state index in [-0.39, 0.29) is 0 Å². The van der Waals surface area contributed by atoms with E-state index in [0.29, 0.717) is 5.41 Å². The van der Waals surface area contributed by atoms with Crippen LogP contribution < -0.4 is 5.32 Å². The smallest absolute Gasteiger partial charge is 0.0506 e. The normalized spacial score (nSPS) is 24.2. The van der Waals surface area contributed by atoms with Gasteiger partial charge in [-0.25, -0.2) is 0 Å². The zero-order chi connectivity index (χ0) is 13.4. The second-order valence-electron chi connectivity index (χ2n) is 6.37. The molecule has 0 aliphatic carbocycles. The Morgan fingerprint density at radius 1 is 1.44 bits per heavy atom. The second kappa shape index (κ2) is 8.13. The Morgan fingerprint density at radius 2 is 2.22 bits per heavy atom. The Bertz CT molecular complexity index is 209. The van der Waals surface area contributed by atoms with Crippen molar-refractivity contribution in [3.63, 3.8) is 0 Å². The molecular weight excluding hydrogens is 224 g/mol. The highest BCUT2D eigenvalue weighted by Crippen LogP contribution is 2.24. The Morgan fingerprint density at radius 3 is 2.78 bits per heavy atom. The number of ether oxygens (including phenoxy) is 1. The highest BCUT2D eigenvalue weighted by atomic mass is 16.5. The van der Waals surface area contributed by atoms with E-state index in [1.807, 2.05) is 0 Å². The Hall–Kier alpha value is -0.120. The predicted octanol–water partition coefficient (Wildman–Crippen LogP) is 2.37. The summed E-state index contributed by atoms with van der Waals surface area (Å²) in [6.07, 6.45) is 5.13. The quantitative estimate of drug-likeness (QED) is 0.721. The first-order chi connectivity index (χ1) is 8.59. The standard InChI is InChI=1S/C15H32N2O/c1-5-8-15(2,12-16-3)13-17(4)10-14-7-6-9-18-11-14/h14,16H,5-13H2,1-4H3. The van der Waals surface area contributed by atoms with E-state index in [1.165, 1.54) is 38.8 Å². The molecule has 108 valence electrons. The molecule has 1 aliphatic rings. The lowest BCUT2D eigenvalue weighted by atomic mass is 9.84. The second-order valence-corrected chi connectivity index (χ2v) is 6.37. The number of hydrogen-bond acceptors (Lipinski definition) is 3. The highest BCUT2D eigenvalue weighted by molar-refractivity contribution is 4.80. The van der Waals surface area contributed by atoms with Gasteiger partial charge in [0.25, 0.3) is 0 Å². The molecule has 2 unspecified atom stereocenters. The molecule has 18 heavy (non-hydrogen) atoms. The minimum atomic E-state index is 0.397. The first-order valence-electron chi connectivity index (χ1n) is 7.50. The number of nitrogens with zero attached hydrogens (tertiary/aromatic N) is 1. The van der Waals surface area contributed by atoms with Gasteiger partial charge in [0.2, 0.25) is 0 Å². The first-order valence-corrected chi connectivity index (χ1v) is 7.50. The fourth-order valence-electron chi connectivity index (χ4n) is 3.36. The zero-order valence-electron chi connectivity index (χ0n) is 12.8. The van der Waals surface area contributed by atoms with Crippen molar-refractivity contribution in [2.24, 2.45) is 11.3 Å². The van der Waals surface area contributed by atoms with Gasteiger partial charge in [-0.05, 0) is 44.7 Å². The molecule has 1 heterocycles. The van der Waals surface area contributed by atoms with Gasteiger partial charge in [-0.2, -0.15) is 0 Å².